The molecule has 0 bridgehead atoms. The maximum atomic E-state index is 3.70. The molecule has 0 aliphatic carbocycles. The Balaban J connectivity index is 3.70. The van der Waals surface area contributed by atoms with E-state index >= 15 is 0 Å². The van der Waals surface area contributed by atoms with E-state index in [-0.39, 0.29) is 0 Å². The van der Waals surface area contributed by atoms with E-state index in [0.29, 0.717) is 5.92 Å². The summed E-state index contributed by atoms with van der Waals surface area (Å²) in [5.74, 6) is 0.611. The van der Waals surface area contributed by atoms with E-state index in [2.05, 4.69) is 25.3 Å². The molecule has 0 rings (SSSR count). The zero-order valence-corrected chi connectivity index (χ0v) is 6.72. The summed E-state index contributed by atoms with van der Waals surface area (Å²) in [6.07, 6.45) is 10.3. The summed E-state index contributed by atoms with van der Waals surface area (Å²) >= 11 is 0. The van der Waals surface area contributed by atoms with Gasteiger partial charge in [-0.2, -0.15) is 0 Å². The summed E-state index contributed by atoms with van der Waals surface area (Å²) in [6, 6.07) is 0. The van der Waals surface area contributed by atoms with E-state index in [1.165, 1.54) is 0 Å². The summed E-state index contributed by atoms with van der Waals surface area (Å²) in [5.41, 5.74) is 0. The molecule has 0 saturated carbocycles. The van der Waals surface area contributed by atoms with E-state index in [9.17, 15) is 0 Å². The molecule has 10 heavy (non-hydrogen) atoms. The molecule has 0 atom stereocenters. The van der Waals surface area contributed by atoms with Gasteiger partial charge in [0.2, 0.25) is 0 Å². The van der Waals surface area contributed by atoms with Crippen molar-refractivity contribution in [2.75, 3.05) is 0 Å². The number of allylic oxidation sites excluding steroid dienone is 4. The van der Waals surface area contributed by atoms with E-state index in [4.69, 9.17) is 0 Å². The average molecular weight is 136 g/mol. The van der Waals surface area contributed by atoms with Crippen molar-refractivity contribution in [3.8, 4) is 0 Å². The maximum Gasteiger partial charge on any atom is -0.0165 e. The van der Waals surface area contributed by atoms with Gasteiger partial charge < -0.3 is 0 Å². The molecule has 0 saturated heterocycles. The number of rotatable bonds is 5. The Labute approximate surface area is 64.0 Å². The standard InChI is InChI=1S/C10H16/c1-4-7-10(8-5-2)9-6-3/h4-6,9-10H,1-2,7-8H2,3H3/b9-6+. The first-order chi connectivity index (χ1) is 4.85. The summed E-state index contributed by atoms with van der Waals surface area (Å²) in [6.45, 7) is 9.43. The fraction of sp³-hybridized carbons (Fsp3) is 0.400. The molecule has 0 aliphatic heterocycles. The van der Waals surface area contributed by atoms with E-state index in [0.717, 1.165) is 12.8 Å². The lowest BCUT2D eigenvalue weighted by atomic mass is 10.0. The minimum atomic E-state index is 0.611. The fourth-order valence-electron chi connectivity index (χ4n) is 0.954. The lowest BCUT2D eigenvalue weighted by molar-refractivity contribution is 0.676. The Morgan fingerprint density at radius 1 is 1.20 bits per heavy atom. The monoisotopic (exact) mass is 136 g/mol. The van der Waals surface area contributed by atoms with E-state index in [1.807, 2.05) is 19.1 Å². The van der Waals surface area contributed by atoms with Crippen LogP contribution in [-0.4, -0.2) is 0 Å². The second-order valence-corrected chi connectivity index (χ2v) is 2.33. The lowest BCUT2D eigenvalue weighted by Gasteiger charge is -2.04. The molecule has 0 spiro atoms. The minimum absolute atomic E-state index is 0.611. The molecule has 56 valence electrons. The fourth-order valence-corrected chi connectivity index (χ4v) is 0.954. The highest BCUT2D eigenvalue weighted by Crippen LogP contribution is 2.10. The van der Waals surface area contributed by atoms with E-state index in [1.54, 1.807) is 0 Å². The molecule has 0 heteroatoms. The van der Waals surface area contributed by atoms with Crippen molar-refractivity contribution in [3.05, 3.63) is 37.5 Å². The SMILES string of the molecule is C=CCC(/C=C/C)CC=C. The molecular weight excluding hydrogens is 120 g/mol. The van der Waals surface area contributed by atoms with Crippen LogP contribution in [0.3, 0.4) is 0 Å². The van der Waals surface area contributed by atoms with Crippen LogP contribution in [0.2, 0.25) is 0 Å². The predicted octanol–water partition coefficient (Wildman–Crippen LogP) is 3.33. The maximum absolute atomic E-state index is 3.70. The van der Waals surface area contributed by atoms with Gasteiger partial charge in [0.25, 0.3) is 0 Å². The topological polar surface area (TPSA) is 0 Å². The Morgan fingerprint density at radius 2 is 1.70 bits per heavy atom. The molecule has 0 unspecified atom stereocenters. The van der Waals surface area contributed by atoms with Gasteiger partial charge in [-0.05, 0) is 25.7 Å². The van der Waals surface area contributed by atoms with Crippen LogP contribution in [-0.2, 0) is 0 Å². The van der Waals surface area contributed by atoms with Crippen molar-refractivity contribution in [1.82, 2.24) is 0 Å². The summed E-state index contributed by atoms with van der Waals surface area (Å²) < 4.78 is 0. The molecule has 0 aromatic carbocycles. The number of hydrogen-bond donors (Lipinski definition) is 0. The zero-order valence-electron chi connectivity index (χ0n) is 6.72. The quantitative estimate of drug-likeness (QED) is 0.508. The van der Waals surface area contributed by atoms with Crippen molar-refractivity contribution < 1.29 is 0 Å². The van der Waals surface area contributed by atoms with Gasteiger partial charge in [-0.1, -0.05) is 24.3 Å². The van der Waals surface area contributed by atoms with Crippen LogP contribution < -0.4 is 0 Å². The molecule has 0 heterocycles. The molecule has 0 nitrogen and oxygen atoms in total. The van der Waals surface area contributed by atoms with Crippen LogP contribution in [0.5, 0.6) is 0 Å². The number of hydrogen-bond acceptors (Lipinski definition) is 0. The van der Waals surface area contributed by atoms with Crippen molar-refractivity contribution in [2.24, 2.45) is 5.92 Å². The predicted molar refractivity (Wildman–Crippen MR) is 47.9 cm³/mol. The Kier molecular flexibility index (Phi) is 5.85. The Hall–Kier alpha value is -0.780. The normalized spacial score (nSPS) is 10.6. The van der Waals surface area contributed by atoms with Crippen molar-refractivity contribution >= 4 is 0 Å². The van der Waals surface area contributed by atoms with Gasteiger partial charge in [-0.3, -0.25) is 0 Å². The minimum Gasteiger partial charge on any atom is -0.103 e. The van der Waals surface area contributed by atoms with Gasteiger partial charge in [0, 0.05) is 0 Å². The highest BCUT2D eigenvalue weighted by Gasteiger charge is 1.96. The Morgan fingerprint density at radius 3 is 2.00 bits per heavy atom. The van der Waals surface area contributed by atoms with Gasteiger partial charge in [0.15, 0.2) is 0 Å². The summed E-state index contributed by atoms with van der Waals surface area (Å²) in [7, 11) is 0. The molecule has 0 aromatic heterocycles. The van der Waals surface area contributed by atoms with Crippen molar-refractivity contribution in [3.63, 3.8) is 0 Å². The van der Waals surface area contributed by atoms with Gasteiger partial charge in [0.05, 0.1) is 0 Å². The van der Waals surface area contributed by atoms with Crippen LogP contribution in [0.1, 0.15) is 19.8 Å². The van der Waals surface area contributed by atoms with Crippen LogP contribution >= 0.6 is 0 Å². The largest absolute Gasteiger partial charge is 0.103 e. The van der Waals surface area contributed by atoms with E-state index < -0.39 is 0 Å². The van der Waals surface area contributed by atoms with Crippen LogP contribution in [0.15, 0.2) is 37.5 Å². The zero-order chi connectivity index (χ0) is 7.82. The van der Waals surface area contributed by atoms with Crippen LogP contribution in [0, 0.1) is 5.92 Å². The lowest BCUT2D eigenvalue weighted by Crippen LogP contribution is -1.91. The third-order valence-corrected chi connectivity index (χ3v) is 1.40. The molecule has 0 fully saturated rings. The van der Waals surface area contributed by atoms with Crippen molar-refractivity contribution in [1.29, 1.82) is 0 Å². The summed E-state index contributed by atoms with van der Waals surface area (Å²) in [5, 5.41) is 0. The first-order valence-corrected chi connectivity index (χ1v) is 3.69. The smallest absolute Gasteiger partial charge is 0.0165 e. The molecule has 0 N–H and O–H groups in total. The molecule has 0 radical (unpaired) electrons. The third-order valence-electron chi connectivity index (χ3n) is 1.40. The first kappa shape index (κ1) is 9.22. The van der Waals surface area contributed by atoms with Crippen LogP contribution in [0.25, 0.3) is 0 Å². The highest BCUT2D eigenvalue weighted by molar-refractivity contribution is 4.92. The first-order valence-electron chi connectivity index (χ1n) is 3.69. The Bertz CT molecular complexity index is 110. The highest BCUT2D eigenvalue weighted by atomic mass is 14.0. The molecule has 0 aliphatic rings. The molecular formula is C10H16. The van der Waals surface area contributed by atoms with Gasteiger partial charge in [-0.25, -0.2) is 0 Å². The summed E-state index contributed by atoms with van der Waals surface area (Å²) in [4.78, 5) is 0. The average Bonchev–Trinajstić information content (AvgIpc) is 1.90. The molecule has 0 amide bonds. The third kappa shape index (κ3) is 4.13. The van der Waals surface area contributed by atoms with Crippen LogP contribution in [0.4, 0.5) is 0 Å². The van der Waals surface area contributed by atoms with Gasteiger partial charge >= 0.3 is 0 Å². The van der Waals surface area contributed by atoms with Gasteiger partial charge in [0.1, 0.15) is 0 Å². The second-order valence-electron chi connectivity index (χ2n) is 2.33. The molecule has 0 aromatic rings. The van der Waals surface area contributed by atoms with Crippen molar-refractivity contribution in [2.45, 2.75) is 19.8 Å². The second kappa shape index (κ2) is 6.34. The van der Waals surface area contributed by atoms with Gasteiger partial charge in [-0.15, -0.1) is 13.2 Å².